The Morgan fingerprint density at radius 2 is 1.72 bits per heavy atom. The smallest absolute Gasteiger partial charge is 0.224 e. The van der Waals surface area contributed by atoms with E-state index in [1.165, 1.54) is 0 Å². The third-order valence-corrected chi connectivity index (χ3v) is 6.09. The van der Waals surface area contributed by atoms with Crippen LogP contribution in [0.25, 0.3) is 11.0 Å². The maximum absolute atomic E-state index is 12.6. The van der Waals surface area contributed by atoms with E-state index in [0.29, 0.717) is 31.1 Å². The van der Waals surface area contributed by atoms with Crippen molar-refractivity contribution in [2.75, 3.05) is 27.4 Å². The second-order valence-corrected chi connectivity index (χ2v) is 8.60. The fraction of sp³-hybridized carbons (Fsp3) is 0.310. The first-order chi connectivity index (χ1) is 17.6. The fourth-order valence-corrected chi connectivity index (χ4v) is 4.24. The number of rotatable bonds is 12. The Hall–Kier alpha value is -4.00. The zero-order valence-electron chi connectivity index (χ0n) is 21.1. The van der Waals surface area contributed by atoms with Gasteiger partial charge >= 0.3 is 0 Å². The molecule has 1 heterocycles. The Labute approximate surface area is 212 Å². The van der Waals surface area contributed by atoms with E-state index in [-0.39, 0.29) is 12.3 Å². The van der Waals surface area contributed by atoms with Crippen molar-refractivity contribution in [2.24, 2.45) is 0 Å². The Kier molecular flexibility index (Phi) is 8.44. The Balaban J connectivity index is 1.34. The monoisotopic (exact) mass is 487 g/mol. The number of imidazole rings is 1. The van der Waals surface area contributed by atoms with Gasteiger partial charge in [0, 0.05) is 19.5 Å². The second kappa shape index (κ2) is 12.1. The molecule has 0 atom stereocenters. The molecule has 36 heavy (non-hydrogen) atoms. The first-order valence-corrected chi connectivity index (χ1v) is 12.2. The standard InChI is InChI=1S/C29H33N3O4/c1-21-9-4-7-12-25(21)36-18-8-17-32-24-11-6-5-10-23(24)31-28(32)15-16-30-29(33)20-22-13-14-26(34-2)27(19-22)35-3/h4-7,9-14,19H,8,15-18,20H2,1-3H3,(H,30,33). The first-order valence-electron chi connectivity index (χ1n) is 12.2. The van der Waals surface area contributed by atoms with Crippen LogP contribution < -0.4 is 19.5 Å². The van der Waals surface area contributed by atoms with Crippen LogP contribution in [-0.4, -0.2) is 42.8 Å². The average molecular weight is 488 g/mol. The lowest BCUT2D eigenvalue weighted by atomic mass is 10.1. The van der Waals surface area contributed by atoms with Gasteiger partial charge in [0.2, 0.25) is 5.91 Å². The minimum absolute atomic E-state index is 0.0449. The van der Waals surface area contributed by atoms with Gasteiger partial charge in [0.05, 0.1) is 38.3 Å². The van der Waals surface area contributed by atoms with Gasteiger partial charge in [-0.3, -0.25) is 4.79 Å². The molecule has 0 fully saturated rings. The highest BCUT2D eigenvalue weighted by Gasteiger charge is 2.12. The highest BCUT2D eigenvalue weighted by Crippen LogP contribution is 2.27. The van der Waals surface area contributed by atoms with E-state index in [2.05, 4.69) is 28.9 Å². The Morgan fingerprint density at radius 1 is 0.944 bits per heavy atom. The van der Waals surface area contributed by atoms with Gasteiger partial charge in [0.15, 0.2) is 11.5 Å². The molecular formula is C29H33N3O4. The number of carbonyl (C=O) groups is 1. The molecule has 7 heteroatoms. The van der Waals surface area contributed by atoms with E-state index in [1.54, 1.807) is 14.2 Å². The van der Waals surface area contributed by atoms with Gasteiger partial charge in [-0.25, -0.2) is 4.98 Å². The molecule has 0 unspecified atom stereocenters. The zero-order chi connectivity index (χ0) is 25.3. The molecule has 0 aliphatic rings. The van der Waals surface area contributed by atoms with Gasteiger partial charge in [-0.1, -0.05) is 36.4 Å². The third kappa shape index (κ3) is 6.16. The van der Waals surface area contributed by atoms with Gasteiger partial charge in [0.25, 0.3) is 0 Å². The van der Waals surface area contributed by atoms with Crippen molar-refractivity contribution in [1.29, 1.82) is 0 Å². The Bertz CT molecular complexity index is 1320. The summed E-state index contributed by atoms with van der Waals surface area (Å²) in [5.74, 6) is 3.09. The van der Waals surface area contributed by atoms with Gasteiger partial charge < -0.3 is 24.1 Å². The molecule has 4 rings (SSSR count). The summed E-state index contributed by atoms with van der Waals surface area (Å²) in [6.45, 7) is 3.98. The molecule has 0 saturated carbocycles. The van der Waals surface area contributed by atoms with Crippen LogP contribution in [0.5, 0.6) is 17.2 Å². The van der Waals surface area contributed by atoms with Crippen molar-refractivity contribution >= 4 is 16.9 Å². The van der Waals surface area contributed by atoms with Crippen molar-refractivity contribution in [3.8, 4) is 17.2 Å². The number of ether oxygens (including phenoxy) is 3. The number of carbonyl (C=O) groups excluding carboxylic acids is 1. The molecule has 1 N–H and O–H groups in total. The summed E-state index contributed by atoms with van der Waals surface area (Å²) < 4.78 is 18.8. The number of para-hydroxylation sites is 3. The summed E-state index contributed by atoms with van der Waals surface area (Å²) in [5.41, 5.74) is 4.06. The molecule has 0 aliphatic heterocycles. The zero-order valence-corrected chi connectivity index (χ0v) is 21.1. The predicted octanol–water partition coefficient (Wildman–Crippen LogP) is 4.73. The summed E-state index contributed by atoms with van der Waals surface area (Å²) in [5, 5.41) is 3.02. The van der Waals surface area contributed by atoms with Crippen LogP contribution in [0.1, 0.15) is 23.4 Å². The quantitative estimate of drug-likeness (QED) is 0.293. The third-order valence-electron chi connectivity index (χ3n) is 6.09. The van der Waals surface area contributed by atoms with Crippen molar-refractivity contribution in [1.82, 2.24) is 14.9 Å². The fourth-order valence-electron chi connectivity index (χ4n) is 4.24. The lowest BCUT2D eigenvalue weighted by molar-refractivity contribution is -0.120. The highest BCUT2D eigenvalue weighted by atomic mass is 16.5. The number of nitrogens with zero attached hydrogens (tertiary/aromatic N) is 2. The molecule has 4 aromatic rings. The lowest BCUT2D eigenvalue weighted by Crippen LogP contribution is -2.28. The summed E-state index contributed by atoms with van der Waals surface area (Å²) in [6.07, 6.45) is 1.77. The van der Waals surface area contributed by atoms with Gasteiger partial charge in [0.1, 0.15) is 11.6 Å². The maximum atomic E-state index is 12.6. The number of hydrogen-bond donors (Lipinski definition) is 1. The molecule has 1 amide bonds. The van der Waals surface area contributed by atoms with Crippen LogP contribution in [0, 0.1) is 6.92 Å². The van der Waals surface area contributed by atoms with Crippen LogP contribution in [0.2, 0.25) is 0 Å². The number of amides is 1. The van der Waals surface area contributed by atoms with E-state index in [9.17, 15) is 4.79 Å². The summed E-state index contributed by atoms with van der Waals surface area (Å²) in [6, 6.07) is 21.7. The molecule has 0 bridgehead atoms. The van der Waals surface area contributed by atoms with Crippen LogP contribution in [0.4, 0.5) is 0 Å². The molecule has 1 aromatic heterocycles. The number of methoxy groups -OCH3 is 2. The van der Waals surface area contributed by atoms with Gasteiger partial charge in [-0.2, -0.15) is 0 Å². The molecular weight excluding hydrogens is 454 g/mol. The topological polar surface area (TPSA) is 74.6 Å². The van der Waals surface area contributed by atoms with Crippen molar-refractivity contribution in [3.63, 3.8) is 0 Å². The van der Waals surface area contributed by atoms with E-state index < -0.39 is 0 Å². The van der Waals surface area contributed by atoms with Crippen molar-refractivity contribution < 1.29 is 19.0 Å². The molecule has 0 saturated heterocycles. The van der Waals surface area contributed by atoms with Crippen LogP contribution >= 0.6 is 0 Å². The molecule has 188 valence electrons. The minimum Gasteiger partial charge on any atom is -0.493 e. The number of aryl methyl sites for hydroxylation is 2. The maximum Gasteiger partial charge on any atom is 0.224 e. The number of fused-ring (bicyclic) bond motifs is 1. The van der Waals surface area contributed by atoms with E-state index >= 15 is 0 Å². The van der Waals surface area contributed by atoms with Gasteiger partial charge in [-0.15, -0.1) is 0 Å². The predicted molar refractivity (Wildman–Crippen MR) is 141 cm³/mol. The largest absolute Gasteiger partial charge is 0.493 e. The number of benzene rings is 3. The Morgan fingerprint density at radius 3 is 2.53 bits per heavy atom. The molecule has 0 aliphatic carbocycles. The minimum atomic E-state index is -0.0449. The van der Waals surface area contributed by atoms with Crippen LogP contribution in [0.3, 0.4) is 0 Å². The van der Waals surface area contributed by atoms with Crippen molar-refractivity contribution in [2.45, 2.75) is 32.7 Å². The number of nitrogens with one attached hydrogen (secondary N) is 1. The van der Waals surface area contributed by atoms with Crippen LogP contribution in [0.15, 0.2) is 66.7 Å². The summed E-state index contributed by atoms with van der Waals surface area (Å²) in [4.78, 5) is 17.4. The molecule has 0 spiro atoms. The van der Waals surface area contributed by atoms with Gasteiger partial charge in [-0.05, 0) is 54.8 Å². The second-order valence-electron chi connectivity index (χ2n) is 8.60. The summed E-state index contributed by atoms with van der Waals surface area (Å²) in [7, 11) is 3.18. The number of aromatic nitrogens is 2. The summed E-state index contributed by atoms with van der Waals surface area (Å²) >= 11 is 0. The molecule has 0 radical (unpaired) electrons. The van der Waals surface area contributed by atoms with Crippen molar-refractivity contribution in [3.05, 3.63) is 83.7 Å². The van der Waals surface area contributed by atoms with E-state index in [0.717, 1.165) is 46.7 Å². The normalized spacial score (nSPS) is 10.9. The lowest BCUT2D eigenvalue weighted by Gasteiger charge is -2.12. The number of hydrogen-bond acceptors (Lipinski definition) is 5. The highest BCUT2D eigenvalue weighted by molar-refractivity contribution is 5.79. The van der Waals surface area contributed by atoms with Crippen LogP contribution in [-0.2, 0) is 24.2 Å². The molecule has 3 aromatic carbocycles. The molecule has 7 nitrogen and oxygen atoms in total. The SMILES string of the molecule is COc1ccc(CC(=O)NCCc2nc3ccccc3n2CCCOc2ccccc2C)cc1OC. The van der Waals surface area contributed by atoms with E-state index in [4.69, 9.17) is 19.2 Å². The van der Waals surface area contributed by atoms with E-state index in [1.807, 2.05) is 54.6 Å². The first kappa shape index (κ1) is 25.1. The average Bonchev–Trinajstić information content (AvgIpc) is 3.24.